The summed E-state index contributed by atoms with van der Waals surface area (Å²) in [5.74, 6) is -0.0495. The lowest BCUT2D eigenvalue weighted by Crippen LogP contribution is -2.46. The first-order valence-corrected chi connectivity index (χ1v) is 12.6. The molecule has 1 saturated heterocycles. The van der Waals surface area contributed by atoms with Gasteiger partial charge in [-0.05, 0) is 61.3 Å². The third-order valence-corrected chi connectivity index (χ3v) is 7.28. The van der Waals surface area contributed by atoms with Crippen molar-refractivity contribution < 1.29 is 9.59 Å². The third kappa shape index (κ3) is 6.07. The van der Waals surface area contributed by atoms with E-state index in [2.05, 4.69) is 15.2 Å². The summed E-state index contributed by atoms with van der Waals surface area (Å²) in [6, 6.07) is 3.96. The first-order chi connectivity index (χ1) is 15.6. The Labute approximate surface area is 194 Å². The molecule has 2 amide bonds. The largest absolute Gasteiger partial charge is 0.398 e. The highest BCUT2D eigenvalue weighted by Gasteiger charge is 2.22. The molecule has 0 bridgehead atoms. The summed E-state index contributed by atoms with van der Waals surface area (Å²) in [6.45, 7) is 4.31. The molecule has 2 aromatic heterocycles. The van der Waals surface area contributed by atoms with Crippen molar-refractivity contribution in [3.8, 4) is 0 Å². The van der Waals surface area contributed by atoms with Crippen LogP contribution in [-0.4, -0.2) is 58.8 Å². The first-order valence-electron chi connectivity index (χ1n) is 11.6. The van der Waals surface area contributed by atoms with Gasteiger partial charge in [-0.2, -0.15) is 0 Å². The van der Waals surface area contributed by atoms with Crippen LogP contribution in [0.25, 0.3) is 0 Å². The molecule has 8 heteroatoms. The van der Waals surface area contributed by atoms with Gasteiger partial charge in [0.25, 0.3) is 0 Å². The minimum Gasteiger partial charge on any atom is -0.398 e. The number of rotatable bonds is 9. The highest BCUT2D eigenvalue weighted by Crippen LogP contribution is 2.20. The van der Waals surface area contributed by atoms with E-state index >= 15 is 0 Å². The predicted molar refractivity (Wildman–Crippen MR) is 128 cm³/mol. The SMILES string of the molecule is Nc1cscc1CC(=O)c1ccc(CN(CCN2CCCC2)C(=O)NC2CCCC2)cn1. The minimum absolute atomic E-state index is 0.00387. The van der Waals surface area contributed by atoms with Crippen LogP contribution in [0.5, 0.6) is 0 Å². The fraction of sp³-hybridized carbons (Fsp3) is 0.542. The number of carbonyl (C=O) groups excluding carboxylic acids is 2. The molecule has 32 heavy (non-hydrogen) atoms. The van der Waals surface area contributed by atoms with Crippen LogP contribution in [0.4, 0.5) is 10.5 Å². The fourth-order valence-corrected chi connectivity index (χ4v) is 5.25. The molecule has 7 nitrogen and oxygen atoms in total. The Hall–Kier alpha value is -2.45. The number of ketones is 1. The van der Waals surface area contributed by atoms with Crippen molar-refractivity contribution in [3.05, 3.63) is 45.9 Å². The molecule has 1 aliphatic carbocycles. The summed E-state index contributed by atoms with van der Waals surface area (Å²) in [7, 11) is 0. The molecule has 1 aliphatic heterocycles. The number of urea groups is 1. The Balaban J connectivity index is 1.37. The van der Waals surface area contributed by atoms with E-state index in [0.29, 0.717) is 30.5 Å². The normalized spacial score (nSPS) is 17.0. The van der Waals surface area contributed by atoms with Crippen molar-refractivity contribution >= 4 is 28.8 Å². The van der Waals surface area contributed by atoms with Crippen molar-refractivity contribution in [1.29, 1.82) is 0 Å². The highest BCUT2D eigenvalue weighted by molar-refractivity contribution is 7.08. The second-order valence-electron chi connectivity index (χ2n) is 8.91. The van der Waals surface area contributed by atoms with Crippen LogP contribution in [0.15, 0.2) is 29.1 Å². The molecule has 3 heterocycles. The zero-order valence-electron chi connectivity index (χ0n) is 18.6. The van der Waals surface area contributed by atoms with Gasteiger partial charge in [0.05, 0.1) is 0 Å². The van der Waals surface area contributed by atoms with E-state index in [1.54, 1.807) is 12.3 Å². The number of carbonyl (C=O) groups is 2. The standard InChI is InChI=1S/C24H33N5O2S/c25-21-17-32-16-19(21)13-23(30)22-8-7-18(14-26-22)15-29(12-11-28-9-3-4-10-28)24(31)27-20-5-1-2-6-20/h7-8,14,16-17,20H,1-6,9-13,15,25H2,(H,27,31). The molecule has 3 N–H and O–H groups in total. The summed E-state index contributed by atoms with van der Waals surface area (Å²) in [5.41, 5.74) is 8.76. The molecule has 0 aromatic carbocycles. The number of hydrogen-bond acceptors (Lipinski definition) is 6. The van der Waals surface area contributed by atoms with Gasteiger partial charge < -0.3 is 20.9 Å². The van der Waals surface area contributed by atoms with Crippen LogP contribution >= 0.6 is 11.3 Å². The van der Waals surface area contributed by atoms with Crippen molar-refractivity contribution in [2.24, 2.45) is 0 Å². The maximum Gasteiger partial charge on any atom is 0.317 e. The van der Waals surface area contributed by atoms with Crippen LogP contribution in [0, 0.1) is 0 Å². The summed E-state index contributed by atoms with van der Waals surface area (Å²) in [4.78, 5) is 34.3. The van der Waals surface area contributed by atoms with E-state index in [-0.39, 0.29) is 18.2 Å². The molecule has 2 aliphatic rings. The number of nitrogens with zero attached hydrogens (tertiary/aromatic N) is 3. The van der Waals surface area contributed by atoms with Gasteiger partial charge in [0, 0.05) is 49.4 Å². The van der Waals surface area contributed by atoms with Gasteiger partial charge >= 0.3 is 6.03 Å². The van der Waals surface area contributed by atoms with Gasteiger partial charge in [-0.1, -0.05) is 18.9 Å². The quantitative estimate of drug-likeness (QED) is 0.563. The number of nitrogens with one attached hydrogen (secondary N) is 1. The Bertz CT molecular complexity index is 901. The van der Waals surface area contributed by atoms with Gasteiger partial charge in [0.15, 0.2) is 5.78 Å². The van der Waals surface area contributed by atoms with Crippen molar-refractivity contribution in [2.75, 3.05) is 31.9 Å². The highest BCUT2D eigenvalue weighted by atomic mass is 32.1. The molecule has 172 valence electrons. The van der Waals surface area contributed by atoms with Crippen LogP contribution < -0.4 is 11.1 Å². The predicted octanol–water partition coefficient (Wildman–Crippen LogP) is 3.70. The molecule has 0 spiro atoms. The average Bonchev–Trinajstić information content (AvgIpc) is 3.56. The second-order valence-corrected chi connectivity index (χ2v) is 9.65. The third-order valence-electron chi connectivity index (χ3n) is 6.47. The molecule has 4 rings (SSSR count). The van der Waals surface area contributed by atoms with Crippen LogP contribution in [0.2, 0.25) is 0 Å². The van der Waals surface area contributed by atoms with Gasteiger partial charge in [-0.15, -0.1) is 11.3 Å². The number of pyridine rings is 1. The number of aromatic nitrogens is 1. The zero-order valence-corrected chi connectivity index (χ0v) is 19.4. The van der Waals surface area contributed by atoms with E-state index in [0.717, 1.165) is 43.6 Å². The summed E-state index contributed by atoms with van der Waals surface area (Å²) in [5, 5.41) is 6.96. The van der Waals surface area contributed by atoms with Gasteiger partial charge in [0.1, 0.15) is 5.69 Å². The van der Waals surface area contributed by atoms with E-state index < -0.39 is 0 Å². The van der Waals surface area contributed by atoms with Gasteiger partial charge in [-0.3, -0.25) is 9.78 Å². The minimum atomic E-state index is -0.0495. The van der Waals surface area contributed by atoms with Crippen molar-refractivity contribution in [3.63, 3.8) is 0 Å². The number of thiophene rings is 1. The molecule has 2 fully saturated rings. The number of amides is 2. The summed E-state index contributed by atoms with van der Waals surface area (Å²) < 4.78 is 0. The van der Waals surface area contributed by atoms with Gasteiger partial charge in [0.2, 0.25) is 0 Å². The number of likely N-dealkylation sites (tertiary alicyclic amines) is 1. The smallest absolute Gasteiger partial charge is 0.317 e. The number of hydrogen-bond donors (Lipinski definition) is 2. The number of nitrogen functional groups attached to an aromatic ring is 1. The first kappa shape index (κ1) is 22.7. The maximum atomic E-state index is 13.0. The van der Waals surface area contributed by atoms with Crippen LogP contribution in [-0.2, 0) is 13.0 Å². The summed E-state index contributed by atoms with van der Waals surface area (Å²) in [6.07, 6.45) is 8.97. The maximum absolute atomic E-state index is 13.0. The Kier molecular flexibility index (Phi) is 7.76. The molecule has 0 unspecified atom stereocenters. The molecule has 2 aromatic rings. The Morgan fingerprint density at radius 3 is 2.59 bits per heavy atom. The molecule has 0 radical (unpaired) electrons. The molecule has 0 atom stereocenters. The Morgan fingerprint density at radius 2 is 1.94 bits per heavy atom. The topological polar surface area (TPSA) is 91.6 Å². The second kappa shape index (κ2) is 10.9. The zero-order chi connectivity index (χ0) is 22.3. The molecular formula is C24H33N5O2S. The van der Waals surface area contributed by atoms with E-state index in [9.17, 15) is 9.59 Å². The Morgan fingerprint density at radius 1 is 1.16 bits per heavy atom. The lowest BCUT2D eigenvalue weighted by atomic mass is 10.1. The van der Waals surface area contributed by atoms with E-state index in [4.69, 9.17) is 5.73 Å². The lowest BCUT2D eigenvalue weighted by Gasteiger charge is -2.27. The van der Waals surface area contributed by atoms with E-state index in [1.807, 2.05) is 21.7 Å². The summed E-state index contributed by atoms with van der Waals surface area (Å²) >= 11 is 1.50. The number of Topliss-reactive ketones (excluding diaryl/α,β-unsaturated/α-hetero) is 1. The van der Waals surface area contributed by atoms with Crippen LogP contribution in [0.1, 0.15) is 60.1 Å². The van der Waals surface area contributed by atoms with E-state index in [1.165, 1.54) is 37.0 Å². The fourth-order valence-electron chi connectivity index (χ4n) is 4.50. The molecule has 1 saturated carbocycles. The average molecular weight is 456 g/mol. The van der Waals surface area contributed by atoms with Crippen molar-refractivity contribution in [2.45, 2.75) is 57.5 Å². The number of nitrogens with two attached hydrogens (primary N) is 1. The van der Waals surface area contributed by atoms with Gasteiger partial charge in [-0.25, -0.2) is 4.79 Å². The number of anilines is 1. The van der Waals surface area contributed by atoms with Crippen molar-refractivity contribution in [1.82, 2.24) is 20.1 Å². The monoisotopic (exact) mass is 455 g/mol. The molecular weight excluding hydrogens is 422 g/mol. The van der Waals surface area contributed by atoms with Crippen LogP contribution in [0.3, 0.4) is 0 Å². The lowest BCUT2D eigenvalue weighted by molar-refractivity contribution is 0.0988.